The molecular formula is C18H25N5OS. The van der Waals surface area contributed by atoms with E-state index in [0.29, 0.717) is 12.5 Å². The van der Waals surface area contributed by atoms with Gasteiger partial charge >= 0.3 is 0 Å². The molecule has 1 atom stereocenters. The number of nitrogens with zero attached hydrogens (tertiary/aromatic N) is 4. The molecule has 0 bridgehead atoms. The fourth-order valence-electron chi connectivity index (χ4n) is 3.02. The van der Waals surface area contributed by atoms with Crippen LogP contribution in [0.5, 0.6) is 0 Å². The smallest absolute Gasteiger partial charge is 0.227 e. The summed E-state index contributed by atoms with van der Waals surface area (Å²) in [5.41, 5.74) is 2.09. The molecule has 1 unspecified atom stereocenters. The Kier molecular flexibility index (Phi) is 5.22. The Bertz CT molecular complexity index is 744. The molecule has 1 amide bonds. The van der Waals surface area contributed by atoms with E-state index in [1.807, 2.05) is 23.9 Å². The lowest BCUT2D eigenvalue weighted by Crippen LogP contribution is -2.36. The Hall–Kier alpha value is -2.15. The second-order valence-corrected chi connectivity index (χ2v) is 7.74. The lowest BCUT2D eigenvalue weighted by Gasteiger charge is -2.30. The third-order valence-corrected chi connectivity index (χ3v) is 5.27. The summed E-state index contributed by atoms with van der Waals surface area (Å²) in [6, 6.07) is 4.52. The van der Waals surface area contributed by atoms with Crippen molar-refractivity contribution >= 4 is 29.0 Å². The van der Waals surface area contributed by atoms with Gasteiger partial charge in [0.15, 0.2) is 0 Å². The quantitative estimate of drug-likeness (QED) is 0.889. The minimum Gasteiger partial charge on any atom is -0.367 e. The zero-order valence-electron chi connectivity index (χ0n) is 15.2. The summed E-state index contributed by atoms with van der Waals surface area (Å²) in [6.07, 6.45) is 1.75. The molecule has 1 N–H and O–H groups in total. The van der Waals surface area contributed by atoms with Crippen molar-refractivity contribution in [3.05, 3.63) is 33.6 Å². The third-order valence-electron chi connectivity index (χ3n) is 4.37. The largest absolute Gasteiger partial charge is 0.367 e. The first-order valence-electron chi connectivity index (χ1n) is 8.55. The highest BCUT2D eigenvalue weighted by atomic mass is 32.1. The summed E-state index contributed by atoms with van der Waals surface area (Å²) in [5.74, 6) is 1.67. The molecule has 0 aromatic carbocycles. The minimum atomic E-state index is 0.0937. The number of fused-ring (bicyclic) bond motifs is 1. The molecule has 25 heavy (non-hydrogen) atoms. The second kappa shape index (κ2) is 7.39. The zero-order chi connectivity index (χ0) is 18.0. The maximum absolute atomic E-state index is 11.7. The average molecular weight is 359 g/mol. The number of carbonyl (C=O) groups excluding carboxylic acids is 1. The SMILES string of the molecule is CC(=O)N1CCc2c(nc(N(C)C)nc2NC(C)Cc2cccs2)C1. The summed E-state index contributed by atoms with van der Waals surface area (Å²) in [5, 5.41) is 5.68. The van der Waals surface area contributed by atoms with E-state index in [9.17, 15) is 4.79 Å². The second-order valence-electron chi connectivity index (χ2n) is 6.71. The number of carbonyl (C=O) groups is 1. The van der Waals surface area contributed by atoms with Gasteiger partial charge in [-0.25, -0.2) is 4.98 Å². The standard InChI is InChI=1S/C18H25N5OS/c1-12(10-14-6-5-9-25-14)19-17-15-7-8-23(13(2)24)11-16(15)20-18(21-17)22(3)4/h5-6,9,12H,7-8,10-11H2,1-4H3,(H,19,20,21). The summed E-state index contributed by atoms with van der Waals surface area (Å²) in [6.45, 7) is 5.07. The number of amides is 1. The number of nitrogens with one attached hydrogen (secondary N) is 1. The van der Waals surface area contributed by atoms with E-state index < -0.39 is 0 Å². The number of rotatable bonds is 5. The van der Waals surface area contributed by atoms with Crippen LogP contribution in [0.25, 0.3) is 0 Å². The van der Waals surface area contributed by atoms with E-state index >= 15 is 0 Å². The van der Waals surface area contributed by atoms with E-state index in [-0.39, 0.29) is 11.9 Å². The van der Waals surface area contributed by atoms with Crippen molar-refractivity contribution in [3.8, 4) is 0 Å². The Balaban J connectivity index is 1.86. The first-order chi connectivity index (χ1) is 11.9. The molecule has 0 radical (unpaired) electrons. The highest BCUT2D eigenvalue weighted by molar-refractivity contribution is 7.09. The predicted molar refractivity (Wildman–Crippen MR) is 102 cm³/mol. The lowest BCUT2D eigenvalue weighted by molar-refractivity contribution is -0.129. The van der Waals surface area contributed by atoms with Gasteiger partial charge in [0.05, 0.1) is 12.2 Å². The van der Waals surface area contributed by atoms with Crippen molar-refractivity contribution in [1.29, 1.82) is 0 Å². The number of hydrogen-bond acceptors (Lipinski definition) is 6. The summed E-state index contributed by atoms with van der Waals surface area (Å²) >= 11 is 1.78. The van der Waals surface area contributed by atoms with E-state index in [1.54, 1.807) is 18.3 Å². The molecule has 0 fully saturated rings. The zero-order valence-corrected chi connectivity index (χ0v) is 16.1. The Morgan fingerprint density at radius 2 is 2.24 bits per heavy atom. The molecule has 6 nitrogen and oxygen atoms in total. The number of aromatic nitrogens is 2. The van der Waals surface area contributed by atoms with Crippen LogP contribution in [0.4, 0.5) is 11.8 Å². The van der Waals surface area contributed by atoms with Crippen LogP contribution in [-0.4, -0.2) is 47.5 Å². The maximum Gasteiger partial charge on any atom is 0.227 e. The fraction of sp³-hybridized carbons (Fsp3) is 0.500. The van der Waals surface area contributed by atoms with Gasteiger partial charge in [-0.2, -0.15) is 4.98 Å². The molecule has 2 aromatic heterocycles. The van der Waals surface area contributed by atoms with Crippen LogP contribution >= 0.6 is 11.3 Å². The van der Waals surface area contributed by atoms with Gasteiger partial charge in [-0.3, -0.25) is 4.79 Å². The molecular weight excluding hydrogens is 334 g/mol. The van der Waals surface area contributed by atoms with Gasteiger partial charge in [0.1, 0.15) is 5.82 Å². The molecule has 2 aromatic rings. The van der Waals surface area contributed by atoms with Crippen molar-refractivity contribution in [2.24, 2.45) is 0 Å². The number of thiophene rings is 1. The van der Waals surface area contributed by atoms with Crippen LogP contribution in [0.1, 0.15) is 30.0 Å². The van der Waals surface area contributed by atoms with E-state index in [1.165, 1.54) is 4.88 Å². The molecule has 0 saturated heterocycles. The van der Waals surface area contributed by atoms with Crippen LogP contribution in [-0.2, 0) is 24.2 Å². The van der Waals surface area contributed by atoms with Gasteiger partial charge < -0.3 is 15.1 Å². The number of anilines is 2. The van der Waals surface area contributed by atoms with Gasteiger partial charge in [-0.15, -0.1) is 11.3 Å². The van der Waals surface area contributed by atoms with Crippen LogP contribution in [0.15, 0.2) is 17.5 Å². The summed E-state index contributed by atoms with van der Waals surface area (Å²) < 4.78 is 0. The summed E-state index contributed by atoms with van der Waals surface area (Å²) in [7, 11) is 3.87. The molecule has 3 rings (SSSR count). The van der Waals surface area contributed by atoms with E-state index in [4.69, 9.17) is 4.98 Å². The van der Waals surface area contributed by atoms with Crippen LogP contribution in [0.3, 0.4) is 0 Å². The van der Waals surface area contributed by atoms with E-state index in [2.05, 4.69) is 34.7 Å². The van der Waals surface area contributed by atoms with Crippen molar-refractivity contribution in [2.45, 2.75) is 39.3 Å². The van der Waals surface area contributed by atoms with Crippen LogP contribution in [0.2, 0.25) is 0 Å². The van der Waals surface area contributed by atoms with E-state index in [0.717, 1.165) is 36.5 Å². The average Bonchev–Trinajstić information content (AvgIpc) is 3.06. The highest BCUT2D eigenvalue weighted by Gasteiger charge is 2.24. The monoisotopic (exact) mass is 359 g/mol. The van der Waals surface area contributed by atoms with Crippen molar-refractivity contribution in [3.63, 3.8) is 0 Å². The van der Waals surface area contributed by atoms with Crippen LogP contribution in [0, 0.1) is 0 Å². The summed E-state index contributed by atoms with van der Waals surface area (Å²) in [4.78, 5) is 26.2. The third kappa shape index (κ3) is 4.10. The maximum atomic E-state index is 11.7. The minimum absolute atomic E-state index is 0.0937. The van der Waals surface area contributed by atoms with Crippen molar-refractivity contribution in [1.82, 2.24) is 14.9 Å². The van der Waals surface area contributed by atoms with Gasteiger partial charge in [-0.1, -0.05) is 6.07 Å². The van der Waals surface area contributed by atoms with Crippen molar-refractivity contribution in [2.75, 3.05) is 30.9 Å². The molecule has 3 heterocycles. The first-order valence-corrected chi connectivity index (χ1v) is 9.43. The molecule has 1 aliphatic rings. The Labute approximate surface area is 152 Å². The Morgan fingerprint density at radius 1 is 1.44 bits per heavy atom. The first kappa shape index (κ1) is 17.7. The molecule has 0 aliphatic carbocycles. The topological polar surface area (TPSA) is 61.4 Å². The molecule has 1 aliphatic heterocycles. The normalized spacial score (nSPS) is 14.8. The molecule has 0 saturated carbocycles. The van der Waals surface area contributed by atoms with Gasteiger partial charge in [0, 0.05) is 50.5 Å². The lowest BCUT2D eigenvalue weighted by atomic mass is 10.0. The molecule has 0 spiro atoms. The predicted octanol–water partition coefficient (Wildman–Crippen LogP) is 2.55. The fourth-order valence-corrected chi connectivity index (χ4v) is 3.86. The highest BCUT2D eigenvalue weighted by Crippen LogP contribution is 2.27. The van der Waals surface area contributed by atoms with Crippen LogP contribution < -0.4 is 10.2 Å². The van der Waals surface area contributed by atoms with Gasteiger partial charge in [0.2, 0.25) is 11.9 Å². The van der Waals surface area contributed by atoms with Crippen molar-refractivity contribution < 1.29 is 4.79 Å². The van der Waals surface area contributed by atoms with Gasteiger partial charge in [-0.05, 0) is 24.8 Å². The molecule has 134 valence electrons. The Morgan fingerprint density at radius 3 is 2.88 bits per heavy atom. The number of hydrogen-bond donors (Lipinski definition) is 1. The van der Waals surface area contributed by atoms with Gasteiger partial charge in [0.25, 0.3) is 0 Å². The molecule has 7 heteroatoms.